The lowest BCUT2D eigenvalue weighted by atomic mass is 9.95. The molecule has 5 heteroatoms. The molecule has 2 rings (SSSR count). The molecule has 1 aromatic heterocycles. The zero-order valence-corrected chi connectivity index (χ0v) is 13.4. The van der Waals surface area contributed by atoms with E-state index in [9.17, 15) is 4.79 Å². The van der Waals surface area contributed by atoms with Crippen LogP contribution in [0.4, 0.5) is 0 Å². The van der Waals surface area contributed by atoms with E-state index in [0.717, 1.165) is 25.1 Å². The number of nitrogens with one attached hydrogen (secondary N) is 1. The van der Waals surface area contributed by atoms with Crippen molar-refractivity contribution in [1.82, 2.24) is 15.4 Å². The summed E-state index contributed by atoms with van der Waals surface area (Å²) in [6.07, 6.45) is 4.39. The summed E-state index contributed by atoms with van der Waals surface area (Å²) in [5, 5.41) is 6.88. The highest BCUT2D eigenvalue weighted by Crippen LogP contribution is 2.17. The van der Waals surface area contributed by atoms with Crippen LogP contribution in [0.15, 0.2) is 10.6 Å². The SMILES string of the molecule is CC(C)Cc1cc(C(=O)NCC[C@H]2CCCN(C)C2)on1. The molecule has 1 saturated heterocycles. The zero-order chi connectivity index (χ0) is 15.2. The molecule has 1 amide bonds. The topological polar surface area (TPSA) is 58.4 Å². The molecule has 1 atom stereocenters. The highest BCUT2D eigenvalue weighted by Gasteiger charge is 2.18. The van der Waals surface area contributed by atoms with Gasteiger partial charge in [0, 0.05) is 19.2 Å². The van der Waals surface area contributed by atoms with Crippen molar-refractivity contribution in [3.8, 4) is 0 Å². The smallest absolute Gasteiger partial charge is 0.289 e. The number of rotatable bonds is 6. The molecule has 0 unspecified atom stereocenters. The number of carbonyl (C=O) groups is 1. The third-order valence-corrected chi connectivity index (χ3v) is 3.96. The molecular weight excluding hydrogens is 266 g/mol. The molecule has 0 spiro atoms. The van der Waals surface area contributed by atoms with Crippen LogP contribution in [0.5, 0.6) is 0 Å². The van der Waals surface area contributed by atoms with E-state index in [0.29, 0.717) is 24.1 Å². The summed E-state index contributed by atoms with van der Waals surface area (Å²) in [4.78, 5) is 14.4. The Morgan fingerprint density at radius 2 is 2.38 bits per heavy atom. The van der Waals surface area contributed by atoms with Crippen LogP contribution >= 0.6 is 0 Å². The van der Waals surface area contributed by atoms with Gasteiger partial charge in [-0.05, 0) is 51.1 Å². The third kappa shape index (κ3) is 5.16. The van der Waals surface area contributed by atoms with E-state index in [-0.39, 0.29) is 5.91 Å². The summed E-state index contributed by atoms with van der Waals surface area (Å²) in [5.41, 5.74) is 0.851. The number of hydrogen-bond acceptors (Lipinski definition) is 4. The van der Waals surface area contributed by atoms with Crippen LogP contribution in [0.3, 0.4) is 0 Å². The van der Waals surface area contributed by atoms with Gasteiger partial charge in [-0.1, -0.05) is 19.0 Å². The van der Waals surface area contributed by atoms with Gasteiger partial charge in [0.1, 0.15) is 0 Å². The first-order valence-corrected chi connectivity index (χ1v) is 7.97. The van der Waals surface area contributed by atoms with Gasteiger partial charge in [-0.25, -0.2) is 0 Å². The molecule has 0 saturated carbocycles. The molecule has 0 radical (unpaired) electrons. The maximum absolute atomic E-state index is 12.0. The third-order valence-electron chi connectivity index (χ3n) is 3.96. The van der Waals surface area contributed by atoms with Crippen molar-refractivity contribution >= 4 is 5.91 Å². The molecule has 1 N–H and O–H groups in total. The Morgan fingerprint density at radius 3 is 3.10 bits per heavy atom. The second-order valence-corrected chi connectivity index (χ2v) is 6.60. The Bertz CT molecular complexity index is 456. The van der Waals surface area contributed by atoms with Crippen LogP contribution in [-0.4, -0.2) is 42.6 Å². The van der Waals surface area contributed by atoms with Gasteiger partial charge in [0.15, 0.2) is 0 Å². The Hall–Kier alpha value is -1.36. The first-order chi connectivity index (χ1) is 10.0. The fourth-order valence-electron chi connectivity index (χ4n) is 2.92. The predicted octanol–water partition coefficient (Wildman–Crippen LogP) is 2.33. The minimum Gasteiger partial charge on any atom is -0.351 e. The van der Waals surface area contributed by atoms with Gasteiger partial charge in [0.25, 0.3) is 5.91 Å². The van der Waals surface area contributed by atoms with Crippen LogP contribution in [0.25, 0.3) is 0 Å². The van der Waals surface area contributed by atoms with E-state index in [1.165, 1.54) is 19.4 Å². The lowest BCUT2D eigenvalue weighted by Gasteiger charge is -2.29. The van der Waals surface area contributed by atoms with Crippen molar-refractivity contribution < 1.29 is 9.32 Å². The minimum absolute atomic E-state index is 0.151. The Balaban J connectivity index is 1.72. The van der Waals surface area contributed by atoms with E-state index < -0.39 is 0 Å². The second kappa shape index (κ2) is 7.59. The van der Waals surface area contributed by atoms with E-state index in [1.54, 1.807) is 6.07 Å². The average molecular weight is 293 g/mol. The summed E-state index contributed by atoms with van der Waals surface area (Å²) in [6, 6.07) is 1.75. The fraction of sp³-hybridized carbons (Fsp3) is 0.750. The maximum atomic E-state index is 12.0. The summed E-state index contributed by atoms with van der Waals surface area (Å²) in [6.45, 7) is 7.28. The molecule has 21 heavy (non-hydrogen) atoms. The minimum atomic E-state index is -0.151. The standard InChI is InChI=1S/C16H27N3O2/c1-12(2)9-14-10-15(21-18-14)16(20)17-7-6-13-5-4-8-19(3)11-13/h10,12-13H,4-9,11H2,1-3H3,(H,17,20)/t13-/m1/s1. The summed E-state index contributed by atoms with van der Waals surface area (Å²) in [5.74, 6) is 1.37. The molecule has 118 valence electrons. The van der Waals surface area contributed by atoms with Crippen molar-refractivity contribution in [2.45, 2.75) is 39.5 Å². The van der Waals surface area contributed by atoms with Crippen LogP contribution in [0.2, 0.25) is 0 Å². The van der Waals surface area contributed by atoms with Crippen LogP contribution in [0, 0.1) is 11.8 Å². The van der Waals surface area contributed by atoms with Crippen molar-refractivity contribution in [2.24, 2.45) is 11.8 Å². The Morgan fingerprint density at radius 1 is 1.57 bits per heavy atom. The summed E-state index contributed by atoms with van der Waals surface area (Å²) >= 11 is 0. The number of aromatic nitrogens is 1. The van der Waals surface area contributed by atoms with E-state index in [2.05, 4.69) is 36.3 Å². The highest BCUT2D eigenvalue weighted by molar-refractivity contribution is 5.91. The maximum Gasteiger partial charge on any atom is 0.289 e. The van der Waals surface area contributed by atoms with Gasteiger partial charge >= 0.3 is 0 Å². The van der Waals surface area contributed by atoms with Gasteiger partial charge < -0.3 is 14.7 Å². The molecule has 0 aliphatic carbocycles. The van der Waals surface area contributed by atoms with E-state index in [4.69, 9.17) is 4.52 Å². The quantitative estimate of drug-likeness (QED) is 0.874. The summed E-state index contributed by atoms with van der Waals surface area (Å²) < 4.78 is 5.12. The van der Waals surface area contributed by atoms with Gasteiger partial charge in [-0.15, -0.1) is 0 Å². The molecular formula is C16H27N3O2. The lowest BCUT2D eigenvalue weighted by Crippen LogP contribution is -2.34. The number of amides is 1. The predicted molar refractivity (Wildman–Crippen MR) is 82.2 cm³/mol. The number of carbonyl (C=O) groups excluding carboxylic acids is 1. The lowest BCUT2D eigenvalue weighted by molar-refractivity contribution is 0.0911. The second-order valence-electron chi connectivity index (χ2n) is 6.60. The highest BCUT2D eigenvalue weighted by atomic mass is 16.5. The monoisotopic (exact) mass is 293 g/mol. The molecule has 0 bridgehead atoms. The number of nitrogens with zero attached hydrogens (tertiary/aromatic N) is 2. The molecule has 1 fully saturated rings. The molecule has 5 nitrogen and oxygen atoms in total. The van der Waals surface area contributed by atoms with E-state index >= 15 is 0 Å². The van der Waals surface area contributed by atoms with Gasteiger partial charge in [-0.3, -0.25) is 4.79 Å². The molecule has 1 aromatic rings. The van der Waals surface area contributed by atoms with E-state index in [1.807, 2.05) is 0 Å². The van der Waals surface area contributed by atoms with Gasteiger partial charge in [0.05, 0.1) is 5.69 Å². The van der Waals surface area contributed by atoms with Gasteiger partial charge in [-0.2, -0.15) is 0 Å². The largest absolute Gasteiger partial charge is 0.351 e. The van der Waals surface area contributed by atoms with Crippen molar-refractivity contribution in [3.05, 3.63) is 17.5 Å². The first-order valence-electron chi connectivity index (χ1n) is 7.97. The fourth-order valence-corrected chi connectivity index (χ4v) is 2.92. The number of likely N-dealkylation sites (tertiary alicyclic amines) is 1. The number of piperidine rings is 1. The molecule has 1 aliphatic rings. The first kappa shape index (κ1) is 16.0. The normalized spacial score (nSPS) is 19.9. The van der Waals surface area contributed by atoms with Crippen molar-refractivity contribution in [3.63, 3.8) is 0 Å². The summed E-state index contributed by atoms with van der Waals surface area (Å²) in [7, 11) is 2.16. The number of hydrogen-bond donors (Lipinski definition) is 1. The Labute approximate surface area is 127 Å². The van der Waals surface area contributed by atoms with Crippen molar-refractivity contribution in [2.75, 3.05) is 26.7 Å². The van der Waals surface area contributed by atoms with Gasteiger partial charge in [0.2, 0.25) is 5.76 Å². The van der Waals surface area contributed by atoms with Crippen molar-refractivity contribution in [1.29, 1.82) is 0 Å². The van der Waals surface area contributed by atoms with Crippen LogP contribution in [-0.2, 0) is 6.42 Å². The van der Waals surface area contributed by atoms with Crippen LogP contribution in [0.1, 0.15) is 49.4 Å². The zero-order valence-electron chi connectivity index (χ0n) is 13.4. The molecule has 1 aliphatic heterocycles. The average Bonchev–Trinajstić information content (AvgIpc) is 2.86. The molecule has 2 heterocycles. The van der Waals surface area contributed by atoms with Crippen LogP contribution < -0.4 is 5.32 Å². The molecule has 0 aromatic carbocycles. The Kier molecular flexibility index (Phi) is 5.79.